The number of esters is 1. The summed E-state index contributed by atoms with van der Waals surface area (Å²) >= 11 is 1.79. The molecule has 0 saturated heterocycles. The molecule has 0 bridgehead atoms. The maximum absolute atomic E-state index is 12.1. The van der Waals surface area contributed by atoms with E-state index in [-0.39, 0.29) is 5.97 Å². The molecule has 0 amide bonds. The second kappa shape index (κ2) is 7.87. The van der Waals surface area contributed by atoms with Gasteiger partial charge in [-0.05, 0) is 60.9 Å². The number of aromatic nitrogens is 2. The third-order valence-corrected chi connectivity index (χ3v) is 6.19. The van der Waals surface area contributed by atoms with Crippen molar-refractivity contribution in [3.05, 3.63) is 46.6 Å². The van der Waals surface area contributed by atoms with E-state index in [0.717, 1.165) is 40.5 Å². The number of anilines is 2. The van der Waals surface area contributed by atoms with Crippen molar-refractivity contribution >= 4 is 39.0 Å². The quantitative estimate of drug-likeness (QED) is 0.588. The summed E-state index contributed by atoms with van der Waals surface area (Å²) in [5, 5.41) is 4.56. The minimum Gasteiger partial charge on any atom is -0.462 e. The second-order valence-electron chi connectivity index (χ2n) is 7.95. The molecular weight excluding hydrogens is 370 g/mol. The van der Waals surface area contributed by atoms with Gasteiger partial charge in [0.1, 0.15) is 17.0 Å². The Morgan fingerprint density at radius 2 is 2.07 bits per heavy atom. The first-order valence-corrected chi connectivity index (χ1v) is 10.6. The van der Waals surface area contributed by atoms with Crippen LogP contribution in [-0.4, -0.2) is 22.5 Å². The van der Waals surface area contributed by atoms with Crippen LogP contribution < -0.4 is 5.32 Å². The fourth-order valence-electron chi connectivity index (χ4n) is 3.52. The number of carbonyl (C=O) groups is 1. The van der Waals surface area contributed by atoms with Gasteiger partial charge < -0.3 is 10.1 Å². The van der Waals surface area contributed by atoms with Gasteiger partial charge in [-0.15, -0.1) is 11.3 Å². The number of aryl methyl sites for hydroxylation is 1. The molecule has 146 valence electrons. The van der Waals surface area contributed by atoms with Gasteiger partial charge in [0.2, 0.25) is 0 Å². The maximum atomic E-state index is 12.1. The van der Waals surface area contributed by atoms with Gasteiger partial charge in [-0.2, -0.15) is 0 Å². The van der Waals surface area contributed by atoms with Crippen molar-refractivity contribution in [2.24, 2.45) is 11.8 Å². The largest absolute Gasteiger partial charge is 0.462 e. The van der Waals surface area contributed by atoms with E-state index < -0.39 is 0 Å². The minimum atomic E-state index is -0.286. The maximum Gasteiger partial charge on any atom is 0.338 e. The highest BCUT2D eigenvalue weighted by Gasteiger charge is 2.23. The molecule has 28 heavy (non-hydrogen) atoms. The van der Waals surface area contributed by atoms with E-state index in [0.29, 0.717) is 18.1 Å². The van der Waals surface area contributed by atoms with Crippen LogP contribution in [0.3, 0.4) is 0 Å². The van der Waals surface area contributed by atoms with Crippen molar-refractivity contribution in [1.29, 1.82) is 0 Å². The van der Waals surface area contributed by atoms with Gasteiger partial charge in [0, 0.05) is 10.6 Å². The molecule has 0 aliphatic heterocycles. The lowest BCUT2D eigenvalue weighted by molar-refractivity contribution is 0.0459. The molecule has 0 saturated carbocycles. The average Bonchev–Trinajstić information content (AvgIpc) is 3.05. The molecule has 1 aromatic carbocycles. The molecule has 0 unspecified atom stereocenters. The van der Waals surface area contributed by atoms with Crippen molar-refractivity contribution in [2.75, 3.05) is 11.9 Å². The molecular formula is C22H25N3O2S. The van der Waals surface area contributed by atoms with Crippen LogP contribution >= 0.6 is 11.3 Å². The Kier molecular flexibility index (Phi) is 5.31. The monoisotopic (exact) mass is 395 g/mol. The van der Waals surface area contributed by atoms with Gasteiger partial charge in [-0.25, -0.2) is 14.8 Å². The van der Waals surface area contributed by atoms with E-state index in [4.69, 9.17) is 4.74 Å². The molecule has 0 radical (unpaired) electrons. The van der Waals surface area contributed by atoms with E-state index in [1.165, 1.54) is 16.9 Å². The summed E-state index contributed by atoms with van der Waals surface area (Å²) in [6, 6.07) is 7.35. The van der Waals surface area contributed by atoms with E-state index in [1.54, 1.807) is 29.8 Å². The highest BCUT2D eigenvalue weighted by Crippen LogP contribution is 2.40. The van der Waals surface area contributed by atoms with Gasteiger partial charge in [-0.1, -0.05) is 20.8 Å². The Labute approximate surface area is 169 Å². The first-order valence-electron chi connectivity index (χ1n) is 9.80. The van der Waals surface area contributed by atoms with Crippen LogP contribution in [0.25, 0.3) is 10.2 Å². The van der Waals surface area contributed by atoms with Crippen molar-refractivity contribution in [3.63, 3.8) is 0 Å². The molecule has 4 rings (SSSR count). The summed E-state index contributed by atoms with van der Waals surface area (Å²) in [6.45, 7) is 6.78. The number of fused-ring (bicyclic) bond motifs is 3. The van der Waals surface area contributed by atoms with Gasteiger partial charge in [-0.3, -0.25) is 0 Å². The Hall–Kier alpha value is -2.47. The van der Waals surface area contributed by atoms with Gasteiger partial charge >= 0.3 is 5.97 Å². The zero-order valence-corrected chi connectivity index (χ0v) is 17.3. The fraction of sp³-hybridized carbons (Fsp3) is 0.409. The lowest BCUT2D eigenvalue weighted by Gasteiger charge is -2.18. The molecule has 0 fully saturated rings. The van der Waals surface area contributed by atoms with Crippen molar-refractivity contribution < 1.29 is 9.53 Å². The van der Waals surface area contributed by atoms with Crippen LogP contribution in [0.5, 0.6) is 0 Å². The number of thiophene rings is 1. The first-order chi connectivity index (χ1) is 13.5. The summed E-state index contributed by atoms with van der Waals surface area (Å²) in [5.41, 5.74) is 2.85. The lowest BCUT2D eigenvalue weighted by Crippen LogP contribution is -2.10. The third kappa shape index (κ3) is 3.87. The first kappa shape index (κ1) is 18.9. The molecule has 1 aliphatic carbocycles. The SMILES string of the molecule is CC(C)COC(=O)c1ccc(Nc2ncnc3sc4c(c23)CC[C@@H](C)C4)cc1. The average molecular weight is 396 g/mol. The number of nitrogens with one attached hydrogen (secondary N) is 1. The number of carbonyl (C=O) groups excluding carboxylic acids is 1. The van der Waals surface area contributed by atoms with E-state index in [1.807, 2.05) is 26.0 Å². The van der Waals surface area contributed by atoms with E-state index in [9.17, 15) is 4.79 Å². The molecule has 1 atom stereocenters. The number of benzene rings is 1. The number of ether oxygens (including phenoxy) is 1. The van der Waals surface area contributed by atoms with Gasteiger partial charge in [0.25, 0.3) is 0 Å². The predicted molar refractivity (Wildman–Crippen MR) is 113 cm³/mol. The Bertz CT molecular complexity index is 995. The van der Waals surface area contributed by atoms with Crippen molar-refractivity contribution in [3.8, 4) is 0 Å². The number of nitrogens with zero attached hydrogens (tertiary/aromatic N) is 2. The molecule has 1 N–H and O–H groups in total. The zero-order chi connectivity index (χ0) is 19.7. The fourth-order valence-corrected chi connectivity index (χ4v) is 4.87. The molecule has 6 heteroatoms. The summed E-state index contributed by atoms with van der Waals surface area (Å²) in [7, 11) is 0. The van der Waals surface area contributed by atoms with Crippen LogP contribution in [0.4, 0.5) is 11.5 Å². The van der Waals surface area contributed by atoms with Crippen molar-refractivity contribution in [1.82, 2.24) is 9.97 Å². The standard InChI is InChI=1S/C22H25N3O2S/c1-13(2)11-27-22(26)15-5-7-16(8-6-15)25-20-19-17-9-4-14(3)10-18(17)28-21(19)24-12-23-20/h5-8,12-14H,4,9-11H2,1-3H3,(H,23,24,25)/t14-/m1/s1. The molecule has 2 heterocycles. The zero-order valence-electron chi connectivity index (χ0n) is 16.5. The van der Waals surface area contributed by atoms with Gasteiger partial charge in [0.05, 0.1) is 17.6 Å². The molecule has 3 aromatic rings. The number of hydrogen-bond donors (Lipinski definition) is 1. The van der Waals surface area contributed by atoms with E-state index in [2.05, 4.69) is 22.2 Å². The highest BCUT2D eigenvalue weighted by atomic mass is 32.1. The van der Waals surface area contributed by atoms with Crippen LogP contribution in [-0.2, 0) is 17.6 Å². The summed E-state index contributed by atoms with van der Waals surface area (Å²) in [4.78, 5) is 23.6. The highest BCUT2D eigenvalue weighted by molar-refractivity contribution is 7.19. The molecule has 2 aromatic heterocycles. The molecule has 5 nitrogen and oxygen atoms in total. The smallest absolute Gasteiger partial charge is 0.338 e. The van der Waals surface area contributed by atoms with Crippen LogP contribution in [0.1, 0.15) is 48.0 Å². The van der Waals surface area contributed by atoms with Crippen LogP contribution in [0, 0.1) is 11.8 Å². The van der Waals surface area contributed by atoms with Gasteiger partial charge in [0.15, 0.2) is 0 Å². The van der Waals surface area contributed by atoms with Crippen molar-refractivity contribution in [2.45, 2.75) is 40.0 Å². The minimum absolute atomic E-state index is 0.286. The van der Waals surface area contributed by atoms with E-state index >= 15 is 0 Å². The molecule has 1 aliphatic rings. The summed E-state index contributed by atoms with van der Waals surface area (Å²) in [6.07, 6.45) is 5.04. The lowest BCUT2D eigenvalue weighted by atomic mass is 9.89. The Morgan fingerprint density at radius 1 is 1.29 bits per heavy atom. The molecule has 0 spiro atoms. The van der Waals surface area contributed by atoms with Crippen LogP contribution in [0.15, 0.2) is 30.6 Å². The second-order valence-corrected chi connectivity index (χ2v) is 9.03. The summed E-state index contributed by atoms with van der Waals surface area (Å²) in [5.74, 6) is 1.61. The Balaban J connectivity index is 1.56. The topological polar surface area (TPSA) is 64.1 Å². The van der Waals surface area contributed by atoms with Crippen LogP contribution in [0.2, 0.25) is 0 Å². The predicted octanol–water partition coefficient (Wildman–Crippen LogP) is 5.37. The number of rotatable bonds is 5. The third-order valence-electron chi connectivity index (χ3n) is 5.02. The summed E-state index contributed by atoms with van der Waals surface area (Å²) < 4.78 is 5.29. The normalized spacial score (nSPS) is 16.2. The Morgan fingerprint density at radius 3 is 2.82 bits per heavy atom. The number of hydrogen-bond acceptors (Lipinski definition) is 6.